The second-order valence-electron chi connectivity index (χ2n) is 9.09. The van der Waals surface area contributed by atoms with Crippen molar-refractivity contribution in [3.63, 3.8) is 0 Å². The first-order valence-corrected chi connectivity index (χ1v) is 10.5. The summed E-state index contributed by atoms with van der Waals surface area (Å²) in [6, 6.07) is 0. The predicted octanol–water partition coefficient (Wildman–Crippen LogP) is -0.595. The van der Waals surface area contributed by atoms with Crippen LogP contribution in [0.15, 0.2) is 0 Å². The SMILES string of the molecule is CC(C)(C)OC(=O)COCC(=O)NCC(CNC(=O)COCC(=O)OC(C)(C)C)OCC(=O)O. The standard InChI is InChI=1S/C21H36N2O11/c1-20(2,3)33-18(28)12-30-9-15(24)22-7-14(32-11-17(26)27)8-23-16(25)10-31-13-19(29)34-21(4,5)6/h14H,7-13H2,1-6H3,(H,22,24)(H,23,25)(H,26,27). The van der Waals surface area contributed by atoms with Gasteiger partial charge in [0.1, 0.15) is 44.2 Å². The Bertz CT molecular complexity index is 646. The van der Waals surface area contributed by atoms with E-state index in [-0.39, 0.29) is 13.1 Å². The van der Waals surface area contributed by atoms with Gasteiger partial charge in [-0.3, -0.25) is 9.59 Å². The molecule has 0 spiro atoms. The van der Waals surface area contributed by atoms with E-state index in [2.05, 4.69) is 10.6 Å². The van der Waals surface area contributed by atoms with Crippen LogP contribution in [0.4, 0.5) is 0 Å². The van der Waals surface area contributed by atoms with Gasteiger partial charge in [-0.25, -0.2) is 14.4 Å². The van der Waals surface area contributed by atoms with Crippen molar-refractivity contribution in [3.05, 3.63) is 0 Å². The first-order valence-electron chi connectivity index (χ1n) is 10.5. The van der Waals surface area contributed by atoms with Crippen molar-refractivity contribution in [1.82, 2.24) is 10.6 Å². The van der Waals surface area contributed by atoms with Crippen molar-refractivity contribution < 1.29 is 52.8 Å². The maximum atomic E-state index is 11.9. The minimum absolute atomic E-state index is 0.138. The lowest BCUT2D eigenvalue weighted by molar-refractivity contribution is -0.162. The second-order valence-corrected chi connectivity index (χ2v) is 9.09. The molecule has 0 unspecified atom stereocenters. The summed E-state index contributed by atoms with van der Waals surface area (Å²) in [5, 5.41) is 13.7. The van der Waals surface area contributed by atoms with Crippen LogP contribution < -0.4 is 10.6 Å². The smallest absolute Gasteiger partial charge is 0.332 e. The van der Waals surface area contributed by atoms with Gasteiger partial charge in [0.2, 0.25) is 11.8 Å². The molecule has 2 amide bonds. The summed E-state index contributed by atoms with van der Waals surface area (Å²) in [7, 11) is 0. The van der Waals surface area contributed by atoms with Crippen LogP contribution in [0.2, 0.25) is 0 Å². The molecule has 196 valence electrons. The van der Waals surface area contributed by atoms with Crippen LogP contribution in [-0.4, -0.2) is 98.3 Å². The Morgan fingerprint density at radius 2 is 1.06 bits per heavy atom. The minimum atomic E-state index is -1.23. The van der Waals surface area contributed by atoms with Crippen molar-refractivity contribution in [2.24, 2.45) is 0 Å². The molecule has 0 aliphatic rings. The third-order valence-electron chi connectivity index (χ3n) is 3.24. The van der Waals surface area contributed by atoms with E-state index < -0.39 is 80.1 Å². The molecule has 0 aliphatic carbocycles. The molecule has 0 radical (unpaired) electrons. The van der Waals surface area contributed by atoms with Gasteiger partial charge in [-0.1, -0.05) is 0 Å². The van der Waals surface area contributed by atoms with E-state index in [9.17, 15) is 24.0 Å². The Kier molecular flexibility index (Phi) is 14.0. The molecule has 0 aliphatic heterocycles. The van der Waals surface area contributed by atoms with Crippen molar-refractivity contribution >= 4 is 29.7 Å². The van der Waals surface area contributed by atoms with Gasteiger partial charge in [0, 0.05) is 13.1 Å². The minimum Gasteiger partial charge on any atom is -0.480 e. The molecule has 0 rings (SSSR count). The highest BCUT2D eigenvalue weighted by atomic mass is 16.6. The van der Waals surface area contributed by atoms with Crippen molar-refractivity contribution in [1.29, 1.82) is 0 Å². The van der Waals surface area contributed by atoms with Gasteiger partial charge in [-0.05, 0) is 41.5 Å². The summed E-state index contributed by atoms with van der Waals surface area (Å²) >= 11 is 0. The number of carboxylic acids is 1. The zero-order chi connectivity index (χ0) is 26.4. The molecule has 0 saturated heterocycles. The Morgan fingerprint density at radius 1 is 0.676 bits per heavy atom. The highest BCUT2D eigenvalue weighted by Gasteiger charge is 2.19. The van der Waals surface area contributed by atoms with Crippen LogP contribution >= 0.6 is 0 Å². The zero-order valence-corrected chi connectivity index (χ0v) is 20.6. The number of esters is 2. The average molecular weight is 493 g/mol. The van der Waals surface area contributed by atoms with Gasteiger partial charge < -0.3 is 39.4 Å². The number of carbonyl (C=O) groups is 5. The first-order chi connectivity index (χ1) is 15.6. The summed E-state index contributed by atoms with van der Waals surface area (Å²) in [6.45, 7) is 7.55. The number of hydrogen-bond acceptors (Lipinski definition) is 10. The van der Waals surface area contributed by atoms with Gasteiger partial charge in [0.25, 0.3) is 0 Å². The van der Waals surface area contributed by atoms with Crippen LogP contribution in [0.3, 0.4) is 0 Å². The van der Waals surface area contributed by atoms with E-state index in [0.29, 0.717) is 0 Å². The fourth-order valence-corrected chi connectivity index (χ4v) is 2.13. The summed E-state index contributed by atoms with van der Waals surface area (Å²) in [4.78, 5) is 57.6. The van der Waals surface area contributed by atoms with Crippen LogP contribution in [0.25, 0.3) is 0 Å². The van der Waals surface area contributed by atoms with Crippen molar-refractivity contribution in [2.45, 2.75) is 58.8 Å². The summed E-state index contributed by atoms with van der Waals surface area (Å²) < 4.78 is 25.2. The number of nitrogens with one attached hydrogen (secondary N) is 2. The largest absolute Gasteiger partial charge is 0.480 e. The molecule has 0 aromatic heterocycles. The van der Waals surface area contributed by atoms with Crippen LogP contribution in [0, 0.1) is 0 Å². The Balaban J connectivity index is 4.35. The number of hydrogen-bond donors (Lipinski definition) is 3. The van der Waals surface area contributed by atoms with Crippen LogP contribution in [0.5, 0.6) is 0 Å². The number of rotatable bonds is 15. The lowest BCUT2D eigenvalue weighted by Crippen LogP contribution is -2.44. The monoisotopic (exact) mass is 492 g/mol. The van der Waals surface area contributed by atoms with Crippen LogP contribution in [-0.2, 0) is 47.7 Å². The molecule has 13 nitrogen and oxygen atoms in total. The van der Waals surface area contributed by atoms with Gasteiger partial charge in [0.05, 0.1) is 6.10 Å². The van der Waals surface area contributed by atoms with Gasteiger partial charge >= 0.3 is 17.9 Å². The summed E-state index contributed by atoms with van der Waals surface area (Å²) in [6.07, 6.45) is -0.874. The molecule has 0 atom stereocenters. The summed E-state index contributed by atoms with van der Waals surface area (Å²) in [5.74, 6) is -3.65. The fraction of sp³-hybridized carbons (Fsp3) is 0.762. The molecule has 0 aromatic carbocycles. The molecular formula is C21H36N2O11. The molecule has 0 heterocycles. The normalized spacial score (nSPS) is 11.6. The number of ether oxygens (including phenoxy) is 5. The van der Waals surface area contributed by atoms with E-state index in [0.717, 1.165) is 0 Å². The van der Waals surface area contributed by atoms with Gasteiger partial charge in [-0.2, -0.15) is 0 Å². The first kappa shape index (κ1) is 31.2. The molecular weight excluding hydrogens is 456 g/mol. The highest BCUT2D eigenvalue weighted by Crippen LogP contribution is 2.07. The Morgan fingerprint density at radius 3 is 1.38 bits per heavy atom. The quantitative estimate of drug-likeness (QED) is 0.249. The van der Waals surface area contributed by atoms with E-state index >= 15 is 0 Å². The molecule has 34 heavy (non-hydrogen) atoms. The maximum Gasteiger partial charge on any atom is 0.332 e. The lowest BCUT2D eigenvalue weighted by Gasteiger charge is -2.20. The molecule has 0 bridgehead atoms. The number of carbonyl (C=O) groups excluding carboxylic acids is 4. The Hall–Kier alpha value is -2.77. The fourth-order valence-electron chi connectivity index (χ4n) is 2.13. The van der Waals surface area contributed by atoms with Gasteiger partial charge in [0.15, 0.2) is 0 Å². The molecule has 13 heteroatoms. The maximum absolute atomic E-state index is 11.9. The highest BCUT2D eigenvalue weighted by molar-refractivity contribution is 5.79. The number of carboxylic acid groups (broad SMARTS) is 1. The average Bonchev–Trinajstić information content (AvgIpc) is 2.64. The third kappa shape index (κ3) is 19.9. The topological polar surface area (TPSA) is 176 Å². The van der Waals surface area contributed by atoms with Crippen LogP contribution in [0.1, 0.15) is 41.5 Å². The number of amides is 2. The second kappa shape index (κ2) is 15.2. The summed E-state index contributed by atoms with van der Waals surface area (Å²) in [5.41, 5.74) is -1.36. The predicted molar refractivity (Wildman–Crippen MR) is 117 cm³/mol. The van der Waals surface area contributed by atoms with E-state index in [1.54, 1.807) is 41.5 Å². The lowest BCUT2D eigenvalue weighted by atomic mass is 10.2. The molecule has 0 saturated carbocycles. The number of aliphatic carboxylic acids is 1. The molecule has 3 N–H and O–H groups in total. The Labute approximate surface area is 198 Å². The third-order valence-corrected chi connectivity index (χ3v) is 3.24. The van der Waals surface area contributed by atoms with Gasteiger partial charge in [-0.15, -0.1) is 0 Å². The van der Waals surface area contributed by atoms with E-state index in [4.69, 9.17) is 28.8 Å². The molecule has 0 fully saturated rings. The van der Waals surface area contributed by atoms with E-state index in [1.807, 2.05) is 0 Å². The van der Waals surface area contributed by atoms with Crippen molar-refractivity contribution in [2.75, 3.05) is 46.1 Å². The van der Waals surface area contributed by atoms with E-state index in [1.165, 1.54) is 0 Å². The zero-order valence-electron chi connectivity index (χ0n) is 20.6. The van der Waals surface area contributed by atoms with Crippen molar-refractivity contribution in [3.8, 4) is 0 Å². The molecule has 0 aromatic rings.